The molecule has 1 aliphatic heterocycles. The summed E-state index contributed by atoms with van der Waals surface area (Å²) in [4.78, 5) is 5.34. The fourth-order valence-electron chi connectivity index (χ4n) is 1.83. The van der Waals surface area contributed by atoms with Gasteiger partial charge in [-0.05, 0) is 44.0 Å². The van der Waals surface area contributed by atoms with E-state index in [1.54, 1.807) is 18.2 Å². The lowest BCUT2D eigenvalue weighted by Crippen LogP contribution is -2.26. The first-order valence-electron chi connectivity index (χ1n) is 5.95. The number of aryl methyl sites for hydroxylation is 1. The van der Waals surface area contributed by atoms with Crippen molar-refractivity contribution in [3.05, 3.63) is 23.8 Å². The molecule has 0 aliphatic carbocycles. The molecule has 0 bridgehead atoms. The minimum atomic E-state index is -3.54. The lowest BCUT2D eigenvalue weighted by Gasteiger charge is -2.15. The third kappa shape index (κ3) is 2.50. The molecule has 1 aliphatic rings. The van der Waals surface area contributed by atoms with Gasteiger partial charge in [-0.1, -0.05) is 4.47 Å². The average Bonchev–Trinajstić information content (AvgIpc) is 2.86. The molecule has 18 heavy (non-hydrogen) atoms. The first-order valence-corrected chi connectivity index (χ1v) is 7.39. The van der Waals surface area contributed by atoms with Crippen molar-refractivity contribution in [2.45, 2.75) is 25.2 Å². The largest absolute Gasteiger partial charge is 0.494 e. The van der Waals surface area contributed by atoms with E-state index in [0.29, 0.717) is 25.5 Å². The van der Waals surface area contributed by atoms with E-state index >= 15 is 0 Å². The van der Waals surface area contributed by atoms with E-state index in [1.807, 2.05) is 13.8 Å². The quantitative estimate of drug-likeness (QED) is 0.836. The first kappa shape index (κ1) is 13.3. The second-order valence-corrected chi connectivity index (χ2v) is 5.91. The van der Waals surface area contributed by atoms with Gasteiger partial charge < -0.3 is 4.74 Å². The highest BCUT2D eigenvalue weighted by Crippen LogP contribution is 2.25. The summed E-state index contributed by atoms with van der Waals surface area (Å²) in [6.45, 7) is 5.14. The summed E-state index contributed by atoms with van der Waals surface area (Å²) in [5.41, 5.74) is 0.803. The van der Waals surface area contributed by atoms with Gasteiger partial charge in [-0.15, -0.1) is 0 Å². The van der Waals surface area contributed by atoms with Crippen LogP contribution in [0.3, 0.4) is 0 Å². The van der Waals surface area contributed by atoms with Crippen LogP contribution in [-0.4, -0.2) is 32.6 Å². The molecule has 0 spiro atoms. The lowest BCUT2D eigenvalue weighted by atomic mass is 10.2. The monoisotopic (exact) mass is 271 g/mol. The molecule has 0 aromatic heterocycles. The minimum absolute atomic E-state index is 0.241. The van der Waals surface area contributed by atoms with Gasteiger partial charge in [0.15, 0.2) is 0 Å². The third-order valence-electron chi connectivity index (χ3n) is 2.73. The average molecular weight is 271 g/mol. The summed E-state index contributed by atoms with van der Waals surface area (Å²) >= 11 is 0. The van der Waals surface area contributed by atoms with Crippen LogP contribution in [0.15, 0.2) is 23.1 Å². The molecule has 0 amide bonds. The van der Waals surface area contributed by atoms with Crippen LogP contribution in [0.4, 0.5) is 0 Å². The van der Waals surface area contributed by atoms with Gasteiger partial charge in [0.05, 0.1) is 18.1 Å². The molecule has 6 heteroatoms. The van der Waals surface area contributed by atoms with Gasteiger partial charge in [0.1, 0.15) is 5.75 Å². The van der Waals surface area contributed by atoms with Gasteiger partial charge in [-0.3, -0.25) is 4.84 Å². The van der Waals surface area contributed by atoms with E-state index < -0.39 is 10.0 Å². The topological polar surface area (TPSA) is 55.8 Å². The number of hydroxylamine groups is 1. The van der Waals surface area contributed by atoms with Crippen molar-refractivity contribution in [2.24, 2.45) is 0 Å². The molecule has 1 aromatic carbocycles. The van der Waals surface area contributed by atoms with E-state index in [9.17, 15) is 8.42 Å². The van der Waals surface area contributed by atoms with E-state index in [-0.39, 0.29) is 4.90 Å². The zero-order valence-corrected chi connectivity index (χ0v) is 11.4. The van der Waals surface area contributed by atoms with Crippen LogP contribution < -0.4 is 4.74 Å². The number of ether oxygens (including phenoxy) is 1. The molecular formula is C12H17NO4S. The second kappa shape index (κ2) is 5.26. The highest BCUT2D eigenvalue weighted by atomic mass is 32.2. The first-order chi connectivity index (χ1) is 8.55. The molecule has 5 nitrogen and oxygen atoms in total. The van der Waals surface area contributed by atoms with Crippen LogP contribution in [0.5, 0.6) is 5.75 Å². The van der Waals surface area contributed by atoms with E-state index in [4.69, 9.17) is 9.57 Å². The van der Waals surface area contributed by atoms with Crippen molar-refractivity contribution in [3.8, 4) is 5.75 Å². The van der Waals surface area contributed by atoms with Crippen LogP contribution >= 0.6 is 0 Å². The maximum atomic E-state index is 12.2. The van der Waals surface area contributed by atoms with Crippen molar-refractivity contribution < 1.29 is 18.0 Å². The van der Waals surface area contributed by atoms with E-state index in [2.05, 4.69) is 0 Å². The fraction of sp³-hybridized carbons (Fsp3) is 0.500. The van der Waals surface area contributed by atoms with Crippen LogP contribution in [0.2, 0.25) is 0 Å². The van der Waals surface area contributed by atoms with Gasteiger partial charge in [0, 0.05) is 6.54 Å². The summed E-state index contributed by atoms with van der Waals surface area (Å²) in [6, 6.07) is 4.85. The third-order valence-corrected chi connectivity index (χ3v) is 4.41. The number of hydrogen-bond acceptors (Lipinski definition) is 4. The van der Waals surface area contributed by atoms with E-state index in [0.717, 1.165) is 16.5 Å². The van der Waals surface area contributed by atoms with Crippen LogP contribution in [0.1, 0.15) is 18.9 Å². The number of rotatable bonds is 4. The Morgan fingerprint density at radius 1 is 1.44 bits per heavy atom. The SMILES string of the molecule is CCOc1ccc(S(=O)(=O)N2CCCO2)cc1C. The van der Waals surface area contributed by atoms with Crippen LogP contribution in [0, 0.1) is 6.92 Å². The maximum absolute atomic E-state index is 12.2. The molecule has 0 N–H and O–H groups in total. The standard InChI is InChI=1S/C12H17NO4S/c1-3-16-12-6-5-11(9-10(12)2)18(14,15)13-7-4-8-17-13/h5-6,9H,3-4,7-8H2,1-2H3. The van der Waals surface area contributed by atoms with Gasteiger partial charge in [-0.2, -0.15) is 0 Å². The maximum Gasteiger partial charge on any atom is 0.265 e. The smallest absolute Gasteiger partial charge is 0.265 e. The molecule has 0 saturated carbocycles. The fourth-order valence-corrected chi connectivity index (χ4v) is 3.22. The highest BCUT2D eigenvalue weighted by Gasteiger charge is 2.28. The molecule has 1 aromatic rings. The molecule has 2 rings (SSSR count). The zero-order valence-electron chi connectivity index (χ0n) is 10.5. The van der Waals surface area contributed by atoms with Gasteiger partial charge in [0.2, 0.25) is 0 Å². The Labute approximate surface area is 107 Å². The Morgan fingerprint density at radius 2 is 2.22 bits per heavy atom. The summed E-state index contributed by atoms with van der Waals surface area (Å²) in [5, 5.41) is 0. The number of benzene rings is 1. The second-order valence-electron chi connectivity index (χ2n) is 4.08. The molecular weight excluding hydrogens is 254 g/mol. The Hall–Kier alpha value is -1.11. The normalized spacial score (nSPS) is 17.0. The predicted molar refractivity (Wildman–Crippen MR) is 66.8 cm³/mol. The highest BCUT2D eigenvalue weighted by molar-refractivity contribution is 7.89. The van der Waals surface area contributed by atoms with Crippen molar-refractivity contribution in [2.75, 3.05) is 19.8 Å². The van der Waals surface area contributed by atoms with Crippen molar-refractivity contribution in [3.63, 3.8) is 0 Å². The number of sulfonamides is 1. The molecule has 1 fully saturated rings. The number of nitrogens with zero attached hydrogens (tertiary/aromatic N) is 1. The summed E-state index contributed by atoms with van der Waals surface area (Å²) < 4.78 is 30.9. The molecule has 0 unspecified atom stereocenters. The van der Waals surface area contributed by atoms with Crippen molar-refractivity contribution in [1.82, 2.24) is 4.47 Å². The summed E-state index contributed by atoms with van der Waals surface area (Å²) in [7, 11) is -3.54. The molecule has 1 saturated heterocycles. The van der Waals surface area contributed by atoms with Crippen LogP contribution in [-0.2, 0) is 14.9 Å². The molecule has 100 valence electrons. The Kier molecular flexibility index (Phi) is 3.89. The van der Waals surface area contributed by atoms with Gasteiger partial charge in [0.25, 0.3) is 10.0 Å². The summed E-state index contributed by atoms with van der Waals surface area (Å²) in [6.07, 6.45) is 0.731. The zero-order chi connectivity index (χ0) is 13.2. The minimum Gasteiger partial charge on any atom is -0.494 e. The van der Waals surface area contributed by atoms with E-state index in [1.165, 1.54) is 0 Å². The lowest BCUT2D eigenvalue weighted by molar-refractivity contribution is -0.0284. The summed E-state index contributed by atoms with van der Waals surface area (Å²) in [5.74, 6) is 0.707. The number of hydrogen-bond donors (Lipinski definition) is 0. The van der Waals surface area contributed by atoms with Gasteiger partial charge in [-0.25, -0.2) is 8.42 Å². The predicted octanol–water partition coefficient (Wildman–Crippen LogP) is 1.72. The Bertz CT molecular complexity index is 521. The van der Waals surface area contributed by atoms with Crippen LogP contribution in [0.25, 0.3) is 0 Å². The molecule has 1 heterocycles. The Morgan fingerprint density at radius 3 is 2.78 bits per heavy atom. The molecule has 0 atom stereocenters. The van der Waals surface area contributed by atoms with Crippen molar-refractivity contribution in [1.29, 1.82) is 0 Å². The van der Waals surface area contributed by atoms with Crippen molar-refractivity contribution >= 4 is 10.0 Å². The van der Waals surface area contributed by atoms with Gasteiger partial charge >= 0.3 is 0 Å². The molecule has 0 radical (unpaired) electrons. The Balaban J connectivity index is 2.30.